The Labute approximate surface area is 117 Å². The van der Waals surface area contributed by atoms with Gasteiger partial charge >= 0.3 is 0 Å². The summed E-state index contributed by atoms with van der Waals surface area (Å²) in [5.41, 5.74) is 0.343. The largest absolute Gasteiger partial charge is 0.318 e. The van der Waals surface area contributed by atoms with Crippen molar-refractivity contribution >= 4 is 44.6 Å². The minimum absolute atomic E-state index is 0.153. The number of hydrogen-bond donors (Lipinski definition) is 2. The fraction of sp³-hybridized carbons (Fsp3) is 0.400. The first-order valence-electron chi connectivity index (χ1n) is 5.48. The molecule has 0 aliphatic carbocycles. The van der Waals surface area contributed by atoms with Crippen LogP contribution in [-0.2, 0) is 11.8 Å². The Kier molecular flexibility index (Phi) is 4.48. The number of H-pyrrole nitrogens is 1. The van der Waals surface area contributed by atoms with E-state index in [1.165, 1.54) is 6.33 Å². The first kappa shape index (κ1) is 13.9. The van der Waals surface area contributed by atoms with Crippen molar-refractivity contribution in [1.82, 2.24) is 19.5 Å². The van der Waals surface area contributed by atoms with Crippen LogP contribution in [0, 0.1) is 0 Å². The minimum Gasteiger partial charge on any atom is -0.318 e. The van der Waals surface area contributed by atoms with Gasteiger partial charge in [0.15, 0.2) is 11.2 Å². The van der Waals surface area contributed by atoms with Crippen molar-refractivity contribution in [3.05, 3.63) is 16.7 Å². The lowest BCUT2D eigenvalue weighted by atomic mass is 10.4. The summed E-state index contributed by atoms with van der Waals surface area (Å²) in [5.74, 6) is 0.692. The predicted molar refractivity (Wildman–Crippen MR) is 78.3 cm³/mol. The number of fused-ring (bicyclic) bond motifs is 1. The van der Waals surface area contributed by atoms with Crippen LogP contribution in [0.4, 0.5) is 5.95 Å². The highest BCUT2D eigenvalue weighted by Crippen LogP contribution is 2.17. The molecule has 0 aromatic carbocycles. The van der Waals surface area contributed by atoms with Gasteiger partial charge in [-0.3, -0.25) is 19.9 Å². The van der Waals surface area contributed by atoms with Crippen molar-refractivity contribution in [3.63, 3.8) is 0 Å². The smallest absolute Gasteiger partial charge is 0.280 e. The number of carbonyl (C=O) groups is 1. The van der Waals surface area contributed by atoms with Crippen LogP contribution >= 0.6 is 21.6 Å². The van der Waals surface area contributed by atoms with Gasteiger partial charge in [0.05, 0.1) is 6.33 Å². The van der Waals surface area contributed by atoms with Gasteiger partial charge in [-0.25, -0.2) is 4.98 Å². The molecule has 0 saturated heterocycles. The Bertz CT molecular complexity index is 651. The number of carbonyl (C=O) groups excluding carboxylic acids is 1. The molecule has 1 amide bonds. The van der Waals surface area contributed by atoms with Crippen molar-refractivity contribution < 1.29 is 4.79 Å². The van der Waals surface area contributed by atoms with Crippen molar-refractivity contribution in [1.29, 1.82) is 0 Å². The summed E-state index contributed by atoms with van der Waals surface area (Å²) in [5, 5.41) is 2.58. The maximum Gasteiger partial charge on any atom is 0.280 e. The van der Waals surface area contributed by atoms with E-state index in [0.29, 0.717) is 17.8 Å². The number of nitrogens with one attached hydrogen (secondary N) is 2. The average Bonchev–Trinajstić information content (AvgIpc) is 2.72. The molecule has 7 nitrogen and oxygen atoms in total. The Hall–Kier alpha value is -1.48. The highest BCUT2D eigenvalue weighted by Gasteiger charge is 2.10. The van der Waals surface area contributed by atoms with E-state index in [9.17, 15) is 9.59 Å². The molecular formula is C10H13N5O2S2. The fourth-order valence-electron chi connectivity index (χ4n) is 1.49. The standard InChI is InChI=1S/C10H13N5O2S2/c1-15-5-11-7-8(15)13-10(14-9(7)17)12-6(16)3-4-19-18-2/h5H,3-4H2,1-2H3,(H2,12,13,14,16,17). The number of hydrogen-bond acceptors (Lipinski definition) is 6. The first-order valence-corrected chi connectivity index (χ1v) is 8.21. The monoisotopic (exact) mass is 299 g/mol. The van der Waals surface area contributed by atoms with Gasteiger partial charge in [-0.2, -0.15) is 4.98 Å². The molecule has 0 saturated carbocycles. The Morgan fingerprint density at radius 2 is 2.37 bits per heavy atom. The molecule has 2 rings (SSSR count). The number of anilines is 1. The first-order chi connectivity index (χ1) is 9.11. The lowest BCUT2D eigenvalue weighted by Gasteiger charge is -2.03. The summed E-state index contributed by atoms with van der Waals surface area (Å²) < 4.78 is 1.63. The van der Waals surface area contributed by atoms with E-state index >= 15 is 0 Å². The molecule has 2 N–H and O–H groups in total. The second-order valence-corrected chi connectivity index (χ2v) is 6.41. The topological polar surface area (TPSA) is 92.7 Å². The van der Waals surface area contributed by atoms with Gasteiger partial charge in [0.25, 0.3) is 5.56 Å². The van der Waals surface area contributed by atoms with Crippen molar-refractivity contribution in [2.24, 2.45) is 7.05 Å². The molecule has 102 valence electrons. The lowest BCUT2D eigenvalue weighted by Crippen LogP contribution is -2.19. The van der Waals surface area contributed by atoms with Gasteiger partial charge < -0.3 is 4.57 Å². The number of aryl methyl sites for hydroxylation is 1. The van der Waals surface area contributed by atoms with Gasteiger partial charge in [0.2, 0.25) is 11.9 Å². The van der Waals surface area contributed by atoms with Crippen LogP contribution in [0.5, 0.6) is 0 Å². The van der Waals surface area contributed by atoms with E-state index in [2.05, 4.69) is 20.3 Å². The van der Waals surface area contributed by atoms with E-state index in [1.54, 1.807) is 33.2 Å². The predicted octanol–water partition coefficient (Wildman–Crippen LogP) is 0.996. The lowest BCUT2D eigenvalue weighted by molar-refractivity contribution is -0.115. The molecule has 2 heterocycles. The van der Waals surface area contributed by atoms with Gasteiger partial charge in [-0.1, -0.05) is 21.6 Å². The van der Waals surface area contributed by atoms with Crippen molar-refractivity contribution in [2.45, 2.75) is 6.42 Å². The van der Waals surface area contributed by atoms with Gasteiger partial charge in [-0.15, -0.1) is 0 Å². The summed E-state index contributed by atoms with van der Waals surface area (Å²) >= 11 is 0. The maximum absolute atomic E-state index is 11.7. The van der Waals surface area contributed by atoms with Crippen LogP contribution in [0.3, 0.4) is 0 Å². The van der Waals surface area contributed by atoms with Gasteiger partial charge in [0.1, 0.15) is 0 Å². The molecule has 0 radical (unpaired) electrons. The van der Waals surface area contributed by atoms with E-state index in [4.69, 9.17) is 0 Å². The highest BCUT2D eigenvalue weighted by atomic mass is 33.1. The molecule has 0 spiro atoms. The van der Waals surface area contributed by atoms with E-state index < -0.39 is 0 Å². The summed E-state index contributed by atoms with van der Waals surface area (Å²) in [7, 11) is 4.95. The SMILES string of the molecule is CSSCCC(=O)Nc1nc2c(ncn2C)c(=O)[nH]1. The maximum atomic E-state index is 11.7. The van der Waals surface area contributed by atoms with Gasteiger partial charge in [0, 0.05) is 19.2 Å². The molecule has 2 aromatic rings. The van der Waals surface area contributed by atoms with Crippen molar-refractivity contribution in [3.8, 4) is 0 Å². The molecule has 0 unspecified atom stereocenters. The summed E-state index contributed by atoms with van der Waals surface area (Å²) in [6.45, 7) is 0. The van der Waals surface area contributed by atoms with Crippen LogP contribution in [0.15, 0.2) is 11.1 Å². The number of aromatic amines is 1. The normalized spacial score (nSPS) is 10.8. The van der Waals surface area contributed by atoms with Crippen LogP contribution in [0.1, 0.15) is 6.42 Å². The summed E-state index contributed by atoms with van der Waals surface area (Å²) in [6, 6.07) is 0. The average molecular weight is 299 g/mol. The second kappa shape index (κ2) is 6.11. The molecule has 19 heavy (non-hydrogen) atoms. The molecule has 0 fully saturated rings. The fourth-order valence-corrected chi connectivity index (χ4v) is 2.67. The molecule has 0 aliphatic rings. The zero-order chi connectivity index (χ0) is 13.8. The van der Waals surface area contributed by atoms with E-state index in [0.717, 1.165) is 0 Å². The van der Waals surface area contributed by atoms with E-state index in [-0.39, 0.29) is 22.9 Å². The number of rotatable bonds is 5. The van der Waals surface area contributed by atoms with Gasteiger partial charge in [-0.05, 0) is 6.26 Å². The zero-order valence-electron chi connectivity index (χ0n) is 10.5. The minimum atomic E-state index is -0.362. The Morgan fingerprint density at radius 1 is 1.58 bits per heavy atom. The number of amides is 1. The molecular weight excluding hydrogens is 286 g/mol. The zero-order valence-corrected chi connectivity index (χ0v) is 12.1. The molecule has 9 heteroatoms. The Morgan fingerprint density at radius 3 is 3.11 bits per heavy atom. The molecule has 0 atom stereocenters. The van der Waals surface area contributed by atoms with Crippen LogP contribution in [-0.4, -0.2) is 37.4 Å². The number of aromatic nitrogens is 4. The van der Waals surface area contributed by atoms with Crippen LogP contribution in [0.25, 0.3) is 11.2 Å². The molecule has 0 bridgehead atoms. The van der Waals surface area contributed by atoms with E-state index in [1.807, 2.05) is 6.26 Å². The molecule has 0 aliphatic heterocycles. The third-order valence-corrected chi connectivity index (χ3v) is 4.17. The van der Waals surface area contributed by atoms with Crippen LogP contribution in [0.2, 0.25) is 0 Å². The second-order valence-electron chi connectivity index (χ2n) is 3.73. The third kappa shape index (κ3) is 3.29. The summed E-state index contributed by atoms with van der Waals surface area (Å²) in [6.07, 6.45) is 3.84. The third-order valence-electron chi connectivity index (χ3n) is 2.36. The number of nitrogens with zero attached hydrogens (tertiary/aromatic N) is 3. The quantitative estimate of drug-likeness (QED) is 0.632. The number of imidazole rings is 1. The van der Waals surface area contributed by atoms with Crippen molar-refractivity contribution in [2.75, 3.05) is 17.3 Å². The highest BCUT2D eigenvalue weighted by molar-refractivity contribution is 8.76. The van der Waals surface area contributed by atoms with Crippen LogP contribution < -0.4 is 10.9 Å². The summed E-state index contributed by atoms with van der Waals surface area (Å²) in [4.78, 5) is 34.0. The molecule has 2 aromatic heterocycles. The Balaban J connectivity index is 2.15.